The molecule has 0 amide bonds. The summed E-state index contributed by atoms with van der Waals surface area (Å²) < 4.78 is 42.3. The lowest BCUT2D eigenvalue weighted by atomic mass is 10.0. The van der Waals surface area contributed by atoms with Crippen LogP contribution in [0.5, 0.6) is 0 Å². The van der Waals surface area contributed by atoms with Crippen molar-refractivity contribution in [1.29, 1.82) is 0 Å². The molecular formula is C17H12F3N3O2. The summed E-state index contributed by atoms with van der Waals surface area (Å²) in [6.07, 6.45) is -0.962. The third-order valence-electron chi connectivity index (χ3n) is 4.23. The van der Waals surface area contributed by atoms with Crippen molar-refractivity contribution in [1.82, 2.24) is 14.3 Å². The maximum absolute atomic E-state index is 13.5. The van der Waals surface area contributed by atoms with E-state index in [4.69, 9.17) is 0 Å². The summed E-state index contributed by atoms with van der Waals surface area (Å²) in [5.74, 6) is -1.89. The maximum Gasteiger partial charge on any atom is 0.351 e. The van der Waals surface area contributed by atoms with Crippen LogP contribution in [0.15, 0.2) is 47.3 Å². The molecule has 0 radical (unpaired) electrons. The molecule has 2 atom stereocenters. The summed E-state index contributed by atoms with van der Waals surface area (Å²) in [7, 11) is 0. The number of halogens is 3. The Hall–Kier alpha value is -2.87. The Morgan fingerprint density at radius 3 is 2.28 bits per heavy atom. The molecule has 1 aliphatic rings. The first-order chi connectivity index (χ1) is 11.9. The molecule has 25 heavy (non-hydrogen) atoms. The molecule has 0 saturated heterocycles. The lowest BCUT2D eigenvalue weighted by molar-refractivity contribution is 0.170. The van der Waals surface area contributed by atoms with Crippen molar-refractivity contribution >= 4 is 0 Å². The molecule has 1 aliphatic heterocycles. The first kappa shape index (κ1) is 15.6. The average molecular weight is 347 g/mol. The van der Waals surface area contributed by atoms with E-state index in [0.717, 1.165) is 22.9 Å². The number of aliphatic hydroxyl groups is 1. The Bertz CT molecular complexity index is 991. The lowest BCUT2D eigenvalue weighted by Crippen LogP contribution is -2.26. The molecule has 0 aliphatic carbocycles. The fourth-order valence-electron chi connectivity index (χ4n) is 3.14. The second-order valence-corrected chi connectivity index (χ2v) is 5.87. The summed E-state index contributed by atoms with van der Waals surface area (Å²) in [6, 6.07) is 7.36. The van der Waals surface area contributed by atoms with Gasteiger partial charge in [0.1, 0.15) is 23.6 Å². The fourth-order valence-corrected chi connectivity index (χ4v) is 3.14. The highest BCUT2D eigenvalue weighted by molar-refractivity contribution is 5.32. The second kappa shape index (κ2) is 5.59. The SMILES string of the molecule is O=c1n(-c2ccc(F)cc2)nc2n1[C@H](c1cc(F)cc(F)c1)C[C@H]2O. The topological polar surface area (TPSA) is 60.0 Å². The van der Waals surface area contributed by atoms with Gasteiger partial charge in [-0.1, -0.05) is 0 Å². The minimum Gasteiger partial charge on any atom is -0.385 e. The van der Waals surface area contributed by atoms with Crippen molar-refractivity contribution in [2.75, 3.05) is 0 Å². The first-order valence-corrected chi connectivity index (χ1v) is 7.55. The molecule has 1 aromatic heterocycles. The predicted octanol–water partition coefficient (Wildman–Crippen LogP) is 2.48. The van der Waals surface area contributed by atoms with Gasteiger partial charge >= 0.3 is 5.69 Å². The minimum absolute atomic E-state index is 0.0880. The van der Waals surface area contributed by atoms with Crippen LogP contribution >= 0.6 is 0 Å². The number of hydrogen-bond donors (Lipinski definition) is 1. The van der Waals surface area contributed by atoms with Crippen molar-refractivity contribution in [2.24, 2.45) is 0 Å². The van der Waals surface area contributed by atoms with E-state index >= 15 is 0 Å². The van der Waals surface area contributed by atoms with Crippen LogP contribution in [0, 0.1) is 17.5 Å². The van der Waals surface area contributed by atoms with Gasteiger partial charge in [-0.25, -0.2) is 18.0 Å². The second-order valence-electron chi connectivity index (χ2n) is 5.87. The van der Waals surface area contributed by atoms with Crippen molar-refractivity contribution < 1.29 is 18.3 Å². The van der Waals surface area contributed by atoms with Crippen LogP contribution in [-0.2, 0) is 0 Å². The van der Waals surface area contributed by atoms with Gasteiger partial charge in [0.2, 0.25) is 0 Å². The number of benzene rings is 2. The van der Waals surface area contributed by atoms with Crippen molar-refractivity contribution in [3.05, 3.63) is 81.8 Å². The first-order valence-electron chi connectivity index (χ1n) is 7.55. The van der Waals surface area contributed by atoms with Gasteiger partial charge < -0.3 is 5.11 Å². The summed E-state index contributed by atoms with van der Waals surface area (Å²) in [6.45, 7) is 0. The van der Waals surface area contributed by atoms with Crippen LogP contribution in [-0.4, -0.2) is 19.5 Å². The third kappa shape index (κ3) is 2.54. The van der Waals surface area contributed by atoms with Crippen molar-refractivity contribution in [3.63, 3.8) is 0 Å². The Labute approximate surface area is 139 Å². The van der Waals surface area contributed by atoms with Gasteiger partial charge in [0.25, 0.3) is 0 Å². The highest BCUT2D eigenvalue weighted by Gasteiger charge is 2.36. The van der Waals surface area contributed by atoms with E-state index < -0.39 is 35.3 Å². The normalized spacial score (nSPS) is 19.2. The van der Waals surface area contributed by atoms with E-state index in [-0.39, 0.29) is 17.8 Å². The lowest BCUT2D eigenvalue weighted by Gasteiger charge is -2.13. The molecule has 0 saturated carbocycles. The molecule has 0 spiro atoms. The highest BCUT2D eigenvalue weighted by atomic mass is 19.1. The molecule has 0 fully saturated rings. The molecule has 8 heteroatoms. The Morgan fingerprint density at radius 2 is 1.64 bits per heavy atom. The maximum atomic E-state index is 13.5. The Balaban J connectivity index is 1.85. The zero-order valence-electron chi connectivity index (χ0n) is 12.7. The molecule has 5 nitrogen and oxygen atoms in total. The summed E-state index contributed by atoms with van der Waals surface area (Å²) in [5.41, 5.74) is -0.0199. The molecule has 2 aromatic carbocycles. The van der Waals surface area contributed by atoms with E-state index in [1.54, 1.807) is 0 Å². The molecule has 3 aromatic rings. The Morgan fingerprint density at radius 1 is 1.00 bits per heavy atom. The third-order valence-corrected chi connectivity index (χ3v) is 4.23. The number of aliphatic hydroxyl groups excluding tert-OH is 1. The summed E-state index contributed by atoms with van der Waals surface area (Å²) in [4.78, 5) is 12.7. The quantitative estimate of drug-likeness (QED) is 0.775. The van der Waals surface area contributed by atoms with E-state index in [0.29, 0.717) is 5.69 Å². The summed E-state index contributed by atoms with van der Waals surface area (Å²) in [5, 5.41) is 14.3. The zero-order valence-corrected chi connectivity index (χ0v) is 12.7. The predicted molar refractivity (Wildman–Crippen MR) is 81.9 cm³/mol. The van der Waals surface area contributed by atoms with E-state index in [2.05, 4.69) is 5.10 Å². The monoisotopic (exact) mass is 347 g/mol. The molecule has 0 unspecified atom stereocenters. The average Bonchev–Trinajstić information content (AvgIpc) is 3.06. The fraction of sp³-hybridized carbons (Fsp3) is 0.176. The number of hydrogen-bond acceptors (Lipinski definition) is 3. The highest BCUT2D eigenvalue weighted by Crippen LogP contribution is 2.36. The largest absolute Gasteiger partial charge is 0.385 e. The van der Waals surface area contributed by atoms with Gasteiger partial charge in [-0.15, -0.1) is 5.10 Å². The molecule has 4 rings (SSSR count). The van der Waals surface area contributed by atoms with Crippen LogP contribution in [0.3, 0.4) is 0 Å². The number of nitrogens with zero attached hydrogens (tertiary/aromatic N) is 3. The van der Waals surface area contributed by atoms with Crippen LogP contribution < -0.4 is 5.69 Å². The number of fused-ring (bicyclic) bond motifs is 1. The Kier molecular flexibility index (Phi) is 3.50. The van der Waals surface area contributed by atoms with E-state index in [9.17, 15) is 23.1 Å². The van der Waals surface area contributed by atoms with E-state index in [1.165, 1.54) is 28.8 Å². The van der Waals surface area contributed by atoms with Crippen LogP contribution in [0.1, 0.15) is 30.0 Å². The molecule has 128 valence electrons. The molecular weight excluding hydrogens is 335 g/mol. The smallest absolute Gasteiger partial charge is 0.351 e. The molecule has 1 N–H and O–H groups in total. The molecule has 0 bridgehead atoms. The van der Waals surface area contributed by atoms with Gasteiger partial charge in [0.15, 0.2) is 5.82 Å². The van der Waals surface area contributed by atoms with Gasteiger partial charge in [0, 0.05) is 12.5 Å². The zero-order chi connectivity index (χ0) is 17.7. The number of aromatic nitrogens is 3. The van der Waals surface area contributed by atoms with Gasteiger partial charge in [-0.2, -0.15) is 4.68 Å². The van der Waals surface area contributed by atoms with Gasteiger partial charge in [0.05, 0.1) is 11.7 Å². The van der Waals surface area contributed by atoms with Gasteiger partial charge in [-0.05, 0) is 42.0 Å². The van der Waals surface area contributed by atoms with Crippen LogP contribution in [0.4, 0.5) is 13.2 Å². The molecule has 2 heterocycles. The minimum atomic E-state index is -1.05. The summed E-state index contributed by atoms with van der Waals surface area (Å²) >= 11 is 0. The van der Waals surface area contributed by atoms with Crippen molar-refractivity contribution in [2.45, 2.75) is 18.6 Å². The van der Waals surface area contributed by atoms with Crippen molar-refractivity contribution in [3.8, 4) is 5.69 Å². The number of rotatable bonds is 2. The van der Waals surface area contributed by atoms with Crippen LogP contribution in [0.2, 0.25) is 0 Å². The van der Waals surface area contributed by atoms with Gasteiger partial charge in [-0.3, -0.25) is 4.57 Å². The standard InChI is InChI=1S/C17H12F3N3O2/c18-10-1-3-13(4-2-10)23-17(25)22-14(8-15(24)16(22)21-23)9-5-11(19)7-12(20)6-9/h1-7,14-15,24H,8H2/t14-,15+/m0/s1. The van der Waals surface area contributed by atoms with Crippen LogP contribution in [0.25, 0.3) is 5.69 Å². The van der Waals surface area contributed by atoms with E-state index in [1.807, 2.05) is 0 Å².